The van der Waals surface area contributed by atoms with Crippen molar-refractivity contribution in [3.8, 4) is 5.75 Å². The molecule has 2 rings (SSSR count). The van der Waals surface area contributed by atoms with Gasteiger partial charge >= 0.3 is 0 Å². The summed E-state index contributed by atoms with van der Waals surface area (Å²) in [7, 11) is 0. The number of nitrogens with two attached hydrogens (primary N) is 1. The maximum atomic E-state index is 13.3. The molecule has 0 saturated heterocycles. The first-order chi connectivity index (χ1) is 8.79. The Bertz CT molecular complexity index is 496. The standard InChI is InChI=1S/C15H16FNO/c16-14-3-1-2-4-15(14)18-10-9-12-5-7-13(11-17)8-6-12/h1-8H,9-11,17H2. The van der Waals surface area contributed by atoms with Crippen LogP contribution in [0.15, 0.2) is 48.5 Å². The van der Waals surface area contributed by atoms with Gasteiger partial charge in [-0.3, -0.25) is 0 Å². The zero-order valence-corrected chi connectivity index (χ0v) is 10.1. The van der Waals surface area contributed by atoms with Crippen LogP contribution in [0.5, 0.6) is 5.75 Å². The second-order valence-corrected chi connectivity index (χ2v) is 4.05. The van der Waals surface area contributed by atoms with Gasteiger partial charge in [-0.05, 0) is 23.3 Å². The number of halogens is 1. The van der Waals surface area contributed by atoms with Gasteiger partial charge in [0.25, 0.3) is 0 Å². The molecule has 0 atom stereocenters. The van der Waals surface area contributed by atoms with E-state index >= 15 is 0 Å². The van der Waals surface area contributed by atoms with Crippen molar-refractivity contribution in [1.82, 2.24) is 0 Å². The van der Waals surface area contributed by atoms with Crippen LogP contribution in [-0.2, 0) is 13.0 Å². The Balaban J connectivity index is 1.86. The van der Waals surface area contributed by atoms with Crippen molar-refractivity contribution in [3.05, 3.63) is 65.5 Å². The number of ether oxygens (including phenoxy) is 1. The van der Waals surface area contributed by atoms with Gasteiger partial charge in [0.2, 0.25) is 0 Å². The van der Waals surface area contributed by atoms with E-state index < -0.39 is 0 Å². The predicted molar refractivity (Wildman–Crippen MR) is 69.9 cm³/mol. The molecule has 0 radical (unpaired) electrons. The minimum absolute atomic E-state index is 0.302. The summed E-state index contributed by atoms with van der Waals surface area (Å²) in [5, 5.41) is 0. The van der Waals surface area contributed by atoms with Crippen LogP contribution >= 0.6 is 0 Å². The van der Waals surface area contributed by atoms with Crippen molar-refractivity contribution in [2.24, 2.45) is 5.73 Å². The number of benzene rings is 2. The number of hydrogen-bond donors (Lipinski definition) is 1. The van der Waals surface area contributed by atoms with Gasteiger partial charge in [-0.25, -0.2) is 4.39 Å². The third-order valence-corrected chi connectivity index (χ3v) is 2.74. The second kappa shape index (κ2) is 6.17. The van der Waals surface area contributed by atoms with E-state index in [9.17, 15) is 4.39 Å². The first kappa shape index (κ1) is 12.6. The lowest BCUT2D eigenvalue weighted by molar-refractivity contribution is 0.305. The molecule has 2 N–H and O–H groups in total. The molecule has 2 aromatic carbocycles. The molecule has 18 heavy (non-hydrogen) atoms. The Kier molecular flexibility index (Phi) is 4.31. The summed E-state index contributed by atoms with van der Waals surface area (Å²) in [5.41, 5.74) is 7.79. The molecule has 2 aromatic rings. The van der Waals surface area contributed by atoms with E-state index in [-0.39, 0.29) is 5.82 Å². The average Bonchev–Trinajstić information content (AvgIpc) is 2.42. The molecule has 0 aliphatic carbocycles. The summed E-state index contributed by atoms with van der Waals surface area (Å²) >= 11 is 0. The molecule has 0 amide bonds. The van der Waals surface area contributed by atoms with Gasteiger partial charge in [0.05, 0.1) is 6.61 Å². The Morgan fingerprint density at radius 2 is 1.61 bits per heavy atom. The minimum atomic E-state index is -0.323. The largest absolute Gasteiger partial charge is 0.490 e. The van der Waals surface area contributed by atoms with Crippen LogP contribution < -0.4 is 10.5 Å². The third kappa shape index (κ3) is 3.31. The fourth-order valence-electron chi connectivity index (χ4n) is 1.68. The van der Waals surface area contributed by atoms with E-state index in [0.29, 0.717) is 18.9 Å². The first-order valence-electron chi connectivity index (χ1n) is 5.95. The molecule has 0 aliphatic heterocycles. The monoisotopic (exact) mass is 245 g/mol. The number of hydrogen-bond acceptors (Lipinski definition) is 2. The van der Waals surface area contributed by atoms with Crippen molar-refractivity contribution in [1.29, 1.82) is 0 Å². The van der Waals surface area contributed by atoms with Gasteiger partial charge in [-0.1, -0.05) is 36.4 Å². The van der Waals surface area contributed by atoms with Crippen LogP contribution in [0.2, 0.25) is 0 Å². The van der Waals surface area contributed by atoms with Crippen molar-refractivity contribution in [2.45, 2.75) is 13.0 Å². The van der Waals surface area contributed by atoms with E-state index in [2.05, 4.69) is 0 Å². The zero-order valence-electron chi connectivity index (χ0n) is 10.1. The molecule has 0 saturated carbocycles. The summed E-state index contributed by atoms with van der Waals surface area (Å²) in [6.07, 6.45) is 0.749. The minimum Gasteiger partial charge on any atom is -0.490 e. The number of para-hydroxylation sites is 1. The second-order valence-electron chi connectivity index (χ2n) is 4.05. The normalized spacial score (nSPS) is 10.3. The molecule has 0 unspecified atom stereocenters. The zero-order chi connectivity index (χ0) is 12.8. The topological polar surface area (TPSA) is 35.2 Å². The lowest BCUT2D eigenvalue weighted by atomic mass is 10.1. The third-order valence-electron chi connectivity index (χ3n) is 2.74. The lowest BCUT2D eigenvalue weighted by Gasteiger charge is -2.07. The van der Waals surface area contributed by atoms with Gasteiger partial charge < -0.3 is 10.5 Å². The van der Waals surface area contributed by atoms with Crippen LogP contribution in [0.1, 0.15) is 11.1 Å². The van der Waals surface area contributed by atoms with Gasteiger partial charge in [-0.15, -0.1) is 0 Å². The summed E-state index contributed by atoms with van der Waals surface area (Å²) < 4.78 is 18.7. The quantitative estimate of drug-likeness (QED) is 0.879. The molecule has 3 heteroatoms. The first-order valence-corrected chi connectivity index (χ1v) is 5.95. The molecule has 2 nitrogen and oxygen atoms in total. The molecule has 0 spiro atoms. The average molecular weight is 245 g/mol. The van der Waals surface area contributed by atoms with Crippen molar-refractivity contribution in [3.63, 3.8) is 0 Å². The van der Waals surface area contributed by atoms with Gasteiger partial charge in [0.1, 0.15) is 0 Å². The van der Waals surface area contributed by atoms with Crippen LogP contribution in [0, 0.1) is 5.82 Å². The van der Waals surface area contributed by atoms with Gasteiger partial charge in [-0.2, -0.15) is 0 Å². The van der Waals surface area contributed by atoms with Crippen molar-refractivity contribution >= 4 is 0 Å². The molecular weight excluding hydrogens is 229 g/mol. The molecule has 0 fully saturated rings. The summed E-state index contributed by atoms with van der Waals surface area (Å²) in [6.45, 7) is 1.01. The molecule has 0 bridgehead atoms. The SMILES string of the molecule is NCc1ccc(CCOc2ccccc2F)cc1. The smallest absolute Gasteiger partial charge is 0.165 e. The number of rotatable bonds is 5. The van der Waals surface area contributed by atoms with Crippen LogP contribution in [0.4, 0.5) is 4.39 Å². The highest BCUT2D eigenvalue weighted by atomic mass is 19.1. The fraction of sp³-hybridized carbons (Fsp3) is 0.200. The molecular formula is C15H16FNO. The highest BCUT2D eigenvalue weighted by Crippen LogP contribution is 2.15. The maximum Gasteiger partial charge on any atom is 0.165 e. The van der Waals surface area contributed by atoms with Gasteiger partial charge in [0.15, 0.2) is 11.6 Å². The van der Waals surface area contributed by atoms with Crippen molar-refractivity contribution < 1.29 is 9.13 Å². The Morgan fingerprint density at radius 1 is 0.944 bits per heavy atom. The van der Waals surface area contributed by atoms with E-state index in [1.54, 1.807) is 18.2 Å². The summed E-state index contributed by atoms with van der Waals surface area (Å²) in [5.74, 6) is -0.0212. The summed E-state index contributed by atoms with van der Waals surface area (Å²) in [4.78, 5) is 0. The molecule has 0 aromatic heterocycles. The van der Waals surface area contributed by atoms with E-state index in [0.717, 1.165) is 17.5 Å². The Morgan fingerprint density at radius 3 is 2.28 bits per heavy atom. The van der Waals surface area contributed by atoms with Crippen LogP contribution in [0.25, 0.3) is 0 Å². The molecule has 94 valence electrons. The van der Waals surface area contributed by atoms with E-state index in [1.165, 1.54) is 6.07 Å². The van der Waals surface area contributed by atoms with E-state index in [1.807, 2.05) is 24.3 Å². The predicted octanol–water partition coefficient (Wildman–Crippen LogP) is 2.91. The molecule has 0 heterocycles. The Labute approximate surface area is 106 Å². The highest BCUT2D eigenvalue weighted by Gasteiger charge is 2.01. The molecule has 0 aliphatic rings. The van der Waals surface area contributed by atoms with E-state index in [4.69, 9.17) is 10.5 Å². The van der Waals surface area contributed by atoms with Crippen LogP contribution in [0.3, 0.4) is 0 Å². The van der Waals surface area contributed by atoms with Gasteiger partial charge in [0, 0.05) is 13.0 Å². The summed E-state index contributed by atoms with van der Waals surface area (Å²) in [6, 6.07) is 14.5. The van der Waals surface area contributed by atoms with Crippen molar-refractivity contribution in [2.75, 3.05) is 6.61 Å². The fourth-order valence-corrected chi connectivity index (χ4v) is 1.68. The van der Waals surface area contributed by atoms with Crippen LogP contribution in [-0.4, -0.2) is 6.61 Å². The highest BCUT2D eigenvalue weighted by molar-refractivity contribution is 5.25. The Hall–Kier alpha value is -1.87. The maximum absolute atomic E-state index is 13.3. The lowest BCUT2D eigenvalue weighted by Crippen LogP contribution is -2.03.